The van der Waals surface area contributed by atoms with Gasteiger partial charge in [-0.15, -0.1) is 0 Å². The number of nitrogens with zero attached hydrogens (tertiary/aromatic N) is 2. The molecule has 1 atom stereocenters. The summed E-state index contributed by atoms with van der Waals surface area (Å²) in [4.78, 5) is 32.0. The van der Waals surface area contributed by atoms with Crippen molar-refractivity contribution < 1.29 is 29.7 Å². The van der Waals surface area contributed by atoms with Crippen LogP contribution in [0.2, 0.25) is 0 Å². The number of hydrogen-bond donors (Lipinski definition) is 0. The molecule has 0 saturated carbocycles. The standard InChI is InChI=1S/2C15H11N.C11H20O2.Ir/c2*1-2-7-13(8-3-1)15-14-9-5-4-6-12(14)10-11-16-15;1-6-7-8(2)9(12)10(13)11(3,4)5;/h2*1-11H;8H,6-7H2,1-5H3;. The molecule has 4 nitrogen and oxygen atoms in total. The van der Waals surface area contributed by atoms with Crippen molar-refractivity contribution in [3.05, 3.63) is 134 Å². The predicted octanol–water partition coefficient (Wildman–Crippen LogP) is 10.4. The van der Waals surface area contributed by atoms with E-state index in [-0.39, 0.29) is 37.6 Å². The van der Waals surface area contributed by atoms with Gasteiger partial charge in [-0.3, -0.25) is 19.6 Å². The molecule has 6 aromatic rings. The molecule has 0 amide bonds. The molecule has 1 radical (unpaired) electrons. The number of pyridine rings is 2. The molecule has 2 aromatic heterocycles. The topological polar surface area (TPSA) is 59.9 Å². The second kappa shape index (κ2) is 17.4. The maximum Gasteiger partial charge on any atom is 0.203 e. The quantitative estimate of drug-likeness (QED) is 0.158. The van der Waals surface area contributed by atoms with Gasteiger partial charge in [-0.2, -0.15) is 0 Å². The smallest absolute Gasteiger partial charge is 0.203 e. The van der Waals surface area contributed by atoms with Crippen molar-refractivity contribution in [2.75, 3.05) is 0 Å². The Bertz CT molecular complexity index is 1720. The van der Waals surface area contributed by atoms with Crippen molar-refractivity contribution >= 4 is 33.1 Å². The monoisotopic (exact) mass is 787 g/mol. The van der Waals surface area contributed by atoms with Crippen LogP contribution in [0.4, 0.5) is 0 Å². The van der Waals surface area contributed by atoms with E-state index >= 15 is 0 Å². The normalized spacial score (nSPS) is 11.2. The fourth-order valence-corrected chi connectivity index (χ4v) is 5.05. The number of benzene rings is 4. The molecule has 0 spiro atoms. The van der Waals surface area contributed by atoms with E-state index in [4.69, 9.17) is 0 Å². The molecule has 46 heavy (non-hydrogen) atoms. The van der Waals surface area contributed by atoms with Crippen molar-refractivity contribution in [3.8, 4) is 22.5 Å². The van der Waals surface area contributed by atoms with Gasteiger partial charge in [-0.05, 0) is 29.3 Å². The van der Waals surface area contributed by atoms with Crippen LogP contribution < -0.4 is 0 Å². The summed E-state index contributed by atoms with van der Waals surface area (Å²) in [5.41, 5.74) is 3.91. The second-order valence-corrected chi connectivity index (χ2v) is 12.1. The molecule has 4 aromatic carbocycles. The molecule has 0 bridgehead atoms. The number of Topliss-reactive ketones (excluding diaryl/α,β-unsaturated/α-hetero) is 2. The van der Waals surface area contributed by atoms with E-state index in [0.717, 1.165) is 24.2 Å². The largest absolute Gasteiger partial charge is 0.291 e. The molecule has 0 saturated heterocycles. The molecule has 1 unspecified atom stereocenters. The van der Waals surface area contributed by atoms with Crippen LogP contribution in [0.25, 0.3) is 44.1 Å². The zero-order valence-corrected chi connectivity index (χ0v) is 29.6. The maximum absolute atomic E-state index is 11.5. The summed E-state index contributed by atoms with van der Waals surface area (Å²) in [7, 11) is 0. The Labute approximate surface area is 286 Å². The van der Waals surface area contributed by atoms with Crippen LogP contribution in [0.5, 0.6) is 0 Å². The van der Waals surface area contributed by atoms with Gasteiger partial charge in [-0.1, -0.05) is 150 Å². The zero-order chi connectivity index (χ0) is 32.2. The Hall–Kier alpha value is -4.31. The Balaban J connectivity index is 0.000000188. The minimum Gasteiger partial charge on any atom is -0.291 e. The van der Waals surface area contributed by atoms with Crippen LogP contribution in [0.1, 0.15) is 47.5 Å². The van der Waals surface area contributed by atoms with E-state index in [1.165, 1.54) is 32.7 Å². The number of fused-ring (bicyclic) bond motifs is 2. The van der Waals surface area contributed by atoms with E-state index < -0.39 is 5.41 Å². The summed E-state index contributed by atoms with van der Waals surface area (Å²) in [6.07, 6.45) is 5.49. The Kier molecular flexibility index (Phi) is 13.7. The van der Waals surface area contributed by atoms with E-state index in [0.29, 0.717) is 0 Å². The molecule has 5 heteroatoms. The minimum absolute atomic E-state index is 0. The van der Waals surface area contributed by atoms with Gasteiger partial charge in [-0.25, -0.2) is 0 Å². The van der Waals surface area contributed by atoms with Crippen molar-refractivity contribution in [3.63, 3.8) is 0 Å². The second-order valence-electron chi connectivity index (χ2n) is 12.1. The Morgan fingerprint density at radius 1 is 0.609 bits per heavy atom. The van der Waals surface area contributed by atoms with E-state index in [9.17, 15) is 9.59 Å². The van der Waals surface area contributed by atoms with Crippen LogP contribution in [-0.4, -0.2) is 21.5 Å². The predicted molar refractivity (Wildman–Crippen MR) is 188 cm³/mol. The zero-order valence-electron chi connectivity index (χ0n) is 27.2. The summed E-state index contributed by atoms with van der Waals surface area (Å²) in [6.45, 7) is 9.20. The maximum atomic E-state index is 11.5. The summed E-state index contributed by atoms with van der Waals surface area (Å²) in [5.74, 6) is -0.570. The SMILES string of the molecule is CCCC(C)C(=O)C(=O)C(C)(C)C.[Ir].c1ccc(-c2nccc3ccccc23)cc1.c1ccc(-c2nccc3ccccc23)cc1. The van der Waals surface area contributed by atoms with Crippen molar-refractivity contribution in [2.24, 2.45) is 11.3 Å². The molecule has 0 aliphatic rings. The molecule has 2 heterocycles. The van der Waals surface area contributed by atoms with Gasteiger partial charge in [0.25, 0.3) is 0 Å². The summed E-state index contributed by atoms with van der Waals surface area (Å²) >= 11 is 0. The number of carbonyl (C=O) groups excluding carboxylic acids is 2. The molecule has 0 fully saturated rings. The number of ketones is 2. The van der Waals surface area contributed by atoms with Crippen molar-refractivity contribution in [1.29, 1.82) is 0 Å². The van der Waals surface area contributed by atoms with E-state index in [1.807, 2.05) is 74.8 Å². The number of hydrogen-bond acceptors (Lipinski definition) is 4. The summed E-state index contributed by atoms with van der Waals surface area (Å²) < 4.78 is 0. The first kappa shape index (κ1) is 36.2. The molecular formula is C41H42IrN2O2. The molecule has 0 N–H and O–H groups in total. The van der Waals surface area contributed by atoms with Gasteiger partial charge < -0.3 is 0 Å². The van der Waals surface area contributed by atoms with Gasteiger partial charge in [0, 0.05) is 65.7 Å². The van der Waals surface area contributed by atoms with E-state index in [2.05, 4.69) is 82.8 Å². The number of aromatic nitrogens is 2. The minimum atomic E-state index is -0.529. The van der Waals surface area contributed by atoms with Gasteiger partial charge in [0.2, 0.25) is 11.6 Å². The van der Waals surface area contributed by atoms with E-state index in [1.54, 1.807) is 20.8 Å². The Morgan fingerprint density at radius 3 is 1.39 bits per heavy atom. The van der Waals surface area contributed by atoms with Crippen LogP contribution in [0, 0.1) is 11.3 Å². The van der Waals surface area contributed by atoms with Crippen molar-refractivity contribution in [2.45, 2.75) is 47.5 Å². The Morgan fingerprint density at radius 2 is 1.00 bits per heavy atom. The third-order valence-corrected chi connectivity index (χ3v) is 7.52. The molecule has 6 rings (SSSR count). The van der Waals surface area contributed by atoms with Gasteiger partial charge >= 0.3 is 0 Å². The van der Waals surface area contributed by atoms with Crippen LogP contribution >= 0.6 is 0 Å². The fraction of sp³-hybridized carbons (Fsp3) is 0.220. The van der Waals surface area contributed by atoms with Gasteiger partial charge in [0.15, 0.2) is 0 Å². The molecule has 0 aliphatic heterocycles. The molecule has 0 aliphatic carbocycles. The number of rotatable bonds is 6. The van der Waals surface area contributed by atoms with Crippen LogP contribution in [0.15, 0.2) is 134 Å². The first-order valence-corrected chi connectivity index (χ1v) is 15.6. The third-order valence-electron chi connectivity index (χ3n) is 7.52. The van der Waals surface area contributed by atoms with Crippen LogP contribution in [0.3, 0.4) is 0 Å². The van der Waals surface area contributed by atoms with Crippen LogP contribution in [-0.2, 0) is 29.7 Å². The van der Waals surface area contributed by atoms with Gasteiger partial charge in [0.1, 0.15) is 0 Å². The molecular weight excluding hydrogens is 745 g/mol. The third kappa shape index (κ3) is 9.59. The molecule has 237 valence electrons. The number of carbonyl (C=O) groups is 2. The van der Waals surface area contributed by atoms with Gasteiger partial charge in [0.05, 0.1) is 11.4 Å². The first-order valence-electron chi connectivity index (χ1n) is 15.6. The fourth-order valence-electron chi connectivity index (χ4n) is 5.05. The summed E-state index contributed by atoms with van der Waals surface area (Å²) in [5, 5.41) is 4.88. The average Bonchev–Trinajstić information content (AvgIpc) is 3.08. The van der Waals surface area contributed by atoms with Crippen molar-refractivity contribution in [1.82, 2.24) is 9.97 Å². The summed E-state index contributed by atoms with van der Waals surface area (Å²) in [6, 6.07) is 41.3. The first-order chi connectivity index (χ1) is 21.7. The average molecular weight is 787 g/mol.